The highest BCUT2D eigenvalue weighted by atomic mass is 16.2. The summed E-state index contributed by atoms with van der Waals surface area (Å²) in [5.74, 6) is -0.170. The highest BCUT2D eigenvalue weighted by Crippen LogP contribution is 2.07. The zero-order valence-corrected chi connectivity index (χ0v) is 11.0. The molecule has 2 rings (SSSR count). The fraction of sp³-hybridized carbons (Fsp3) is 0.538. The molecule has 2 heterocycles. The van der Waals surface area contributed by atoms with Crippen molar-refractivity contribution in [2.75, 3.05) is 13.1 Å². The molecule has 98 valence electrons. The van der Waals surface area contributed by atoms with Gasteiger partial charge in [0.15, 0.2) is 0 Å². The van der Waals surface area contributed by atoms with Crippen LogP contribution >= 0.6 is 0 Å². The lowest BCUT2D eigenvalue weighted by atomic mass is 10.1. The van der Waals surface area contributed by atoms with E-state index in [0.29, 0.717) is 13.1 Å². The van der Waals surface area contributed by atoms with Crippen molar-refractivity contribution in [1.29, 1.82) is 0 Å². The first-order chi connectivity index (χ1) is 8.49. The van der Waals surface area contributed by atoms with E-state index >= 15 is 0 Å². The summed E-state index contributed by atoms with van der Waals surface area (Å²) in [5, 5.41) is 3.36. The van der Waals surface area contributed by atoms with Crippen LogP contribution in [0.1, 0.15) is 24.2 Å². The Morgan fingerprint density at radius 2 is 1.94 bits per heavy atom. The molecule has 0 radical (unpaired) electrons. The van der Waals surface area contributed by atoms with Crippen LogP contribution in [0.15, 0.2) is 23.1 Å². The van der Waals surface area contributed by atoms with Crippen LogP contribution < -0.4 is 10.9 Å². The predicted molar refractivity (Wildman–Crippen MR) is 69.6 cm³/mol. The molecule has 1 fully saturated rings. The molecule has 1 aromatic rings. The second kappa shape index (κ2) is 4.94. The van der Waals surface area contributed by atoms with E-state index in [0.717, 1.165) is 0 Å². The lowest BCUT2D eigenvalue weighted by Gasteiger charge is -2.36. The molecule has 1 amide bonds. The average Bonchev–Trinajstić information content (AvgIpc) is 2.30. The first kappa shape index (κ1) is 12.8. The summed E-state index contributed by atoms with van der Waals surface area (Å²) in [6.45, 7) is 5.36. The third-order valence-corrected chi connectivity index (χ3v) is 3.20. The summed E-state index contributed by atoms with van der Waals surface area (Å²) in [7, 11) is 1.65. The number of nitrogens with zero attached hydrogens (tertiary/aromatic N) is 2. The van der Waals surface area contributed by atoms with Gasteiger partial charge in [0, 0.05) is 38.4 Å². The van der Waals surface area contributed by atoms with Crippen LogP contribution in [0.2, 0.25) is 0 Å². The maximum Gasteiger partial charge on any atom is 0.263 e. The van der Waals surface area contributed by atoms with E-state index in [2.05, 4.69) is 5.32 Å². The van der Waals surface area contributed by atoms with Crippen molar-refractivity contribution in [2.45, 2.75) is 25.9 Å². The smallest absolute Gasteiger partial charge is 0.263 e. The molecule has 5 nitrogen and oxygen atoms in total. The number of hydrogen-bond donors (Lipinski definition) is 1. The Labute approximate surface area is 106 Å². The summed E-state index contributed by atoms with van der Waals surface area (Å²) in [5.41, 5.74) is 0.0163. The van der Waals surface area contributed by atoms with Gasteiger partial charge >= 0.3 is 0 Å². The van der Waals surface area contributed by atoms with E-state index in [9.17, 15) is 9.59 Å². The molecule has 0 bridgehead atoms. The summed E-state index contributed by atoms with van der Waals surface area (Å²) >= 11 is 0. The minimum absolute atomic E-state index is 0.170. The second-order valence-corrected chi connectivity index (χ2v) is 5.02. The van der Waals surface area contributed by atoms with Gasteiger partial charge in [-0.1, -0.05) is 0 Å². The van der Waals surface area contributed by atoms with E-state index in [1.807, 2.05) is 13.8 Å². The number of rotatable bonds is 1. The van der Waals surface area contributed by atoms with Crippen molar-refractivity contribution in [3.8, 4) is 0 Å². The van der Waals surface area contributed by atoms with Crippen LogP contribution in [0, 0.1) is 0 Å². The van der Waals surface area contributed by atoms with Crippen molar-refractivity contribution in [3.05, 3.63) is 34.2 Å². The normalized spacial score (nSPS) is 24.1. The minimum atomic E-state index is -0.235. The molecule has 18 heavy (non-hydrogen) atoms. The molecule has 1 aliphatic rings. The summed E-state index contributed by atoms with van der Waals surface area (Å²) < 4.78 is 1.43. The Balaban J connectivity index is 2.26. The molecule has 0 spiro atoms. The monoisotopic (exact) mass is 249 g/mol. The number of aryl methyl sites for hydroxylation is 1. The number of nitrogens with one attached hydrogen (secondary N) is 1. The quantitative estimate of drug-likeness (QED) is 0.774. The molecule has 0 aromatic carbocycles. The van der Waals surface area contributed by atoms with Crippen LogP contribution in [-0.4, -0.2) is 40.5 Å². The van der Waals surface area contributed by atoms with Crippen molar-refractivity contribution < 1.29 is 4.79 Å². The third-order valence-electron chi connectivity index (χ3n) is 3.20. The molecule has 2 atom stereocenters. The standard InChI is InChI=1S/C13H19N3O2/c1-9-7-16(8-10(2)14-9)13(18)11-5-4-6-15(3)12(11)17/h4-6,9-10,14H,7-8H2,1-3H3/t9-,10+. The summed E-state index contributed by atoms with van der Waals surface area (Å²) in [6.07, 6.45) is 1.65. The van der Waals surface area contributed by atoms with Gasteiger partial charge in [0.25, 0.3) is 11.5 Å². The first-order valence-corrected chi connectivity index (χ1v) is 6.20. The van der Waals surface area contributed by atoms with Crippen molar-refractivity contribution in [3.63, 3.8) is 0 Å². The number of aromatic nitrogens is 1. The molecule has 0 unspecified atom stereocenters. The molecule has 5 heteroatoms. The van der Waals surface area contributed by atoms with Gasteiger partial charge in [0.2, 0.25) is 0 Å². The van der Waals surface area contributed by atoms with Crippen molar-refractivity contribution >= 4 is 5.91 Å². The van der Waals surface area contributed by atoms with Gasteiger partial charge in [-0.2, -0.15) is 0 Å². The van der Waals surface area contributed by atoms with Gasteiger partial charge in [-0.3, -0.25) is 9.59 Å². The SMILES string of the molecule is C[C@@H]1CN(C(=O)c2cccn(C)c2=O)C[C@H](C)N1. The number of carbonyl (C=O) groups excluding carboxylic acids is 1. The van der Waals surface area contributed by atoms with Crippen LogP contribution in [0.25, 0.3) is 0 Å². The van der Waals surface area contributed by atoms with Crippen LogP contribution in [0.3, 0.4) is 0 Å². The van der Waals surface area contributed by atoms with Gasteiger partial charge in [-0.25, -0.2) is 0 Å². The molecular formula is C13H19N3O2. The van der Waals surface area contributed by atoms with Gasteiger partial charge in [0.1, 0.15) is 5.56 Å². The van der Waals surface area contributed by atoms with Crippen LogP contribution in [0.5, 0.6) is 0 Å². The first-order valence-electron chi connectivity index (χ1n) is 6.20. The van der Waals surface area contributed by atoms with Crippen LogP contribution in [-0.2, 0) is 7.05 Å². The highest BCUT2D eigenvalue weighted by molar-refractivity contribution is 5.94. The van der Waals surface area contributed by atoms with E-state index in [1.165, 1.54) is 4.57 Å². The maximum atomic E-state index is 12.3. The Hall–Kier alpha value is -1.62. The maximum absolute atomic E-state index is 12.3. The van der Waals surface area contributed by atoms with E-state index in [4.69, 9.17) is 0 Å². The number of hydrogen-bond acceptors (Lipinski definition) is 3. The highest BCUT2D eigenvalue weighted by Gasteiger charge is 2.26. The Kier molecular flexibility index (Phi) is 3.52. The molecule has 0 aliphatic carbocycles. The summed E-state index contributed by atoms with van der Waals surface area (Å²) in [4.78, 5) is 26.0. The topological polar surface area (TPSA) is 54.3 Å². The fourth-order valence-electron chi connectivity index (χ4n) is 2.42. The van der Waals surface area contributed by atoms with Gasteiger partial charge < -0.3 is 14.8 Å². The minimum Gasteiger partial charge on any atom is -0.335 e. The fourth-order valence-corrected chi connectivity index (χ4v) is 2.42. The van der Waals surface area contributed by atoms with E-state index < -0.39 is 0 Å². The number of pyridine rings is 1. The summed E-state index contributed by atoms with van der Waals surface area (Å²) in [6, 6.07) is 3.83. The van der Waals surface area contributed by atoms with Gasteiger partial charge in [0.05, 0.1) is 0 Å². The second-order valence-electron chi connectivity index (χ2n) is 5.02. The number of amides is 1. The predicted octanol–water partition coefficient (Wildman–Crippen LogP) is 0.208. The molecule has 1 aromatic heterocycles. The van der Waals surface area contributed by atoms with Crippen LogP contribution in [0.4, 0.5) is 0 Å². The molecular weight excluding hydrogens is 230 g/mol. The van der Waals surface area contributed by atoms with Crippen molar-refractivity contribution in [1.82, 2.24) is 14.8 Å². The zero-order chi connectivity index (χ0) is 13.3. The third kappa shape index (κ3) is 2.46. The van der Waals surface area contributed by atoms with Gasteiger partial charge in [-0.15, -0.1) is 0 Å². The molecule has 1 saturated heterocycles. The number of carbonyl (C=O) groups is 1. The van der Waals surface area contributed by atoms with Gasteiger partial charge in [-0.05, 0) is 26.0 Å². The number of piperazine rings is 1. The Bertz CT molecular complexity index is 499. The van der Waals surface area contributed by atoms with E-state index in [1.54, 1.807) is 30.3 Å². The largest absolute Gasteiger partial charge is 0.335 e. The Morgan fingerprint density at radius 3 is 2.56 bits per heavy atom. The Morgan fingerprint density at radius 1 is 1.33 bits per heavy atom. The van der Waals surface area contributed by atoms with E-state index in [-0.39, 0.29) is 29.1 Å². The zero-order valence-electron chi connectivity index (χ0n) is 11.0. The average molecular weight is 249 g/mol. The molecule has 1 aliphatic heterocycles. The van der Waals surface area contributed by atoms with Crippen molar-refractivity contribution in [2.24, 2.45) is 7.05 Å². The lowest BCUT2D eigenvalue weighted by Crippen LogP contribution is -2.56. The molecule has 0 saturated carbocycles. The lowest BCUT2D eigenvalue weighted by molar-refractivity contribution is 0.0671. The molecule has 1 N–H and O–H groups in total.